The topological polar surface area (TPSA) is 63.5 Å². The predicted octanol–water partition coefficient (Wildman–Crippen LogP) is 4.01. The molecular formula is C28H29N5O2. The first-order chi connectivity index (χ1) is 17.2. The minimum absolute atomic E-state index is 0.0552. The molecule has 2 aliphatic rings. The molecule has 1 fully saturated rings. The van der Waals surface area contributed by atoms with Crippen molar-refractivity contribution in [2.75, 3.05) is 32.8 Å². The van der Waals surface area contributed by atoms with Gasteiger partial charge < -0.3 is 9.64 Å². The van der Waals surface area contributed by atoms with Crippen molar-refractivity contribution < 1.29 is 9.53 Å². The van der Waals surface area contributed by atoms with Gasteiger partial charge in [0.05, 0.1) is 29.4 Å². The lowest BCUT2D eigenvalue weighted by Gasteiger charge is -2.35. The summed E-state index contributed by atoms with van der Waals surface area (Å²) < 4.78 is 7.49. The van der Waals surface area contributed by atoms with Crippen LogP contribution in [0, 0.1) is 0 Å². The van der Waals surface area contributed by atoms with Gasteiger partial charge in [-0.1, -0.05) is 42.5 Å². The highest BCUT2D eigenvalue weighted by molar-refractivity contribution is 6.06. The summed E-state index contributed by atoms with van der Waals surface area (Å²) in [4.78, 5) is 23.0. The molecule has 1 saturated heterocycles. The van der Waals surface area contributed by atoms with Crippen LogP contribution in [0.4, 0.5) is 0 Å². The summed E-state index contributed by atoms with van der Waals surface area (Å²) in [6.07, 6.45) is 2.77. The molecule has 0 radical (unpaired) electrons. The molecule has 0 spiro atoms. The predicted molar refractivity (Wildman–Crippen MR) is 135 cm³/mol. The second-order valence-corrected chi connectivity index (χ2v) is 9.23. The van der Waals surface area contributed by atoms with E-state index in [1.807, 2.05) is 52.9 Å². The number of fused-ring (bicyclic) bond motifs is 2. The van der Waals surface area contributed by atoms with Crippen molar-refractivity contribution in [2.45, 2.75) is 26.4 Å². The van der Waals surface area contributed by atoms with Crippen LogP contribution in [-0.4, -0.2) is 63.3 Å². The molecule has 178 valence electrons. The fraction of sp³-hybridized carbons (Fsp3) is 0.321. The summed E-state index contributed by atoms with van der Waals surface area (Å²) >= 11 is 0. The standard InChI is InChI=1S/C28H29N5O2/c1-2-33-27-24(18-29-33)23(17-25(30-27)21-6-4-3-5-7-21)28(34)32-13-11-31(12-14-32)19-20-8-9-26-22(16-20)10-15-35-26/h3-9,16-18H,2,10-15,19H2,1H3. The van der Waals surface area contributed by atoms with E-state index in [9.17, 15) is 4.79 Å². The van der Waals surface area contributed by atoms with Gasteiger partial charge in [0.25, 0.3) is 5.91 Å². The number of hydrogen-bond acceptors (Lipinski definition) is 5. The number of aryl methyl sites for hydroxylation is 1. The van der Waals surface area contributed by atoms with Gasteiger partial charge in [-0.05, 0) is 30.2 Å². The number of carbonyl (C=O) groups is 1. The molecule has 6 rings (SSSR count). The lowest BCUT2D eigenvalue weighted by molar-refractivity contribution is 0.0630. The van der Waals surface area contributed by atoms with Gasteiger partial charge in [0.2, 0.25) is 0 Å². The number of aromatic nitrogens is 3. The largest absolute Gasteiger partial charge is 0.493 e. The summed E-state index contributed by atoms with van der Waals surface area (Å²) in [7, 11) is 0. The quantitative estimate of drug-likeness (QED) is 0.444. The number of rotatable bonds is 5. The van der Waals surface area contributed by atoms with Crippen LogP contribution >= 0.6 is 0 Å². The Balaban J connectivity index is 1.21. The summed E-state index contributed by atoms with van der Waals surface area (Å²) in [5.74, 6) is 1.08. The molecule has 7 heteroatoms. The summed E-state index contributed by atoms with van der Waals surface area (Å²) in [6, 6.07) is 18.5. The number of nitrogens with zero attached hydrogens (tertiary/aromatic N) is 5. The molecule has 1 amide bonds. The number of pyridine rings is 1. The Labute approximate surface area is 204 Å². The van der Waals surface area contributed by atoms with Crippen LogP contribution in [0.3, 0.4) is 0 Å². The van der Waals surface area contributed by atoms with Gasteiger partial charge in [0.15, 0.2) is 5.65 Å². The fourth-order valence-electron chi connectivity index (χ4n) is 5.09. The molecular weight excluding hydrogens is 438 g/mol. The molecule has 0 unspecified atom stereocenters. The Bertz CT molecular complexity index is 1370. The molecule has 0 bridgehead atoms. The first-order valence-electron chi connectivity index (χ1n) is 12.4. The van der Waals surface area contributed by atoms with E-state index in [1.54, 1.807) is 6.20 Å². The van der Waals surface area contributed by atoms with E-state index in [1.165, 1.54) is 11.1 Å². The van der Waals surface area contributed by atoms with Gasteiger partial charge in [0.1, 0.15) is 5.75 Å². The van der Waals surface area contributed by atoms with Gasteiger partial charge in [-0.3, -0.25) is 9.69 Å². The minimum atomic E-state index is 0.0552. The van der Waals surface area contributed by atoms with Gasteiger partial charge in [-0.15, -0.1) is 0 Å². The van der Waals surface area contributed by atoms with Crippen LogP contribution in [0.1, 0.15) is 28.4 Å². The third-order valence-corrected chi connectivity index (χ3v) is 7.03. The van der Waals surface area contributed by atoms with Crippen LogP contribution in [0.15, 0.2) is 60.8 Å². The Morgan fingerprint density at radius 3 is 2.66 bits per heavy atom. The lowest BCUT2D eigenvalue weighted by Crippen LogP contribution is -2.48. The second-order valence-electron chi connectivity index (χ2n) is 9.23. The summed E-state index contributed by atoms with van der Waals surface area (Å²) in [5.41, 5.74) is 5.86. The molecule has 0 saturated carbocycles. The van der Waals surface area contributed by atoms with Crippen molar-refractivity contribution in [1.29, 1.82) is 0 Å². The maximum atomic E-state index is 13.7. The molecule has 7 nitrogen and oxygen atoms in total. The average Bonchev–Trinajstić information content (AvgIpc) is 3.55. The van der Waals surface area contributed by atoms with Crippen molar-refractivity contribution in [3.05, 3.63) is 77.5 Å². The van der Waals surface area contributed by atoms with Gasteiger partial charge in [-0.25, -0.2) is 9.67 Å². The second kappa shape index (κ2) is 9.15. The maximum Gasteiger partial charge on any atom is 0.254 e. The highest BCUT2D eigenvalue weighted by Crippen LogP contribution is 2.28. The third-order valence-electron chi connectivity index (χ3n) is 7.03. The van der Waals surface area contributed by atoms with E-state index in [0.29, 0.717) is 25.2 Å². The summed E-state index contributed by atoms with van der Waals surface area (Å²) in [6.45, 7) is 7.55. The number of piperazine rings is 1. The highest BCUT2D eigenvalue weighted by Gasteiger charge is 2.26. The Morgan fingerprint density at radius 1 is 1.03 bits per heavy atom. The number of amides is 1. The molecule has 4 heterocycles. The zero-order valence-electron chi connectivity index (χ0n) is 20.0. The van der Waals surface area contributed by atoms with E-state index in [0.717, 1.165) is 60.7 Å². The number of hydrogen-bond donors (Lipinski definition) is 0. The molecule has 2 aliphatic heterocycles. The normalized spacial score (nSPS) is 15.9. The molecule has 0 aliphatic carbocycles. The molecule has 35 heavy (non-hydrogen) atoms. The van der Waals surface area contributed by atoms with Crippen molar-refractivity contribution in [1.82, 2.24) is 24.6 Å². The lowest BCUT2D eigenvalue weighted by atomic mass is 10.1. The van der Waals surface area contributed by atoms with Crippen molar-refractivity contribution in [3.8, 4) is 17.0 Å². The Kier molecular flexibility index (Phi) is 5.70. The van der Waals surface area contributed by atoms with Crippen LogP contribution in [-0.2, 0) is 19.5 Å². The van der Waals surface area contributed by atoms with Crippen LogP contribution in [0.5, 0.6) is 5.75 Å². The van der Waals surface area contributed by atoms with Crippen LogP contribution in [0.25, 0.3) is 22.3 Å². The van der Waals surface area contributed by atoms with Crippen molar-refractivity contribution >= 4 is 16.9 Å². The van der Waals surface area contributed by atoms with Crippen molar-refractivity contribution in [3.63, 3.8) is 0 Å². The first-order valence-corrected chi connectivity index (χ1v) is 12.4. The molecule has 0 atom stereocenters. The maximum absolute atomic E-state index is 13.7. The van der Waals surface area contributed by atoms with E-state index in [2.05, 4.69) is 28.2 Å². The highest BCUT2D eigenvalue weighted by atomic mass is 16.5. The minimum Gasteiger partial charge on any atom is -0.493 e. The monoisotopic (exact) mass is 467 g/mol. The fourth-order valence-corrected chi connectivity index (χ4v) is 5.09. The smallest absolute Gasteiger partial charge is 0.254 e. The van der Waals surface area contributed by atoms with Gasteiger partial charge >= 0.3 is 0 Å². The van der Waals surface area contributed by atoms with Gasteiger partial charge in [0, 0.05) is 51.3 Å². The average molecular weight is 468 g/mol. The van der Waals surface area contributed by atoms with Gasteiger partial charge in [-0.2, -0.15) is 5.10 Å². The molecule has 4 aromatic rings. The number of carbonyl (C=O) groups excluding carboxylic acids is 1. The van der Waals surface area contributed by atoms with Crippen LogP contribution < -0.4 is 4.74 Å². The zero-order chi connectivity index (χ0) is 23.8. The number of benzene rings is 2. The van der Waals surface area contributed by atoms with Crippen LogP contribution in [0.2, 0.25) is 0 Å². The Hall–Kier alpha value is -3.71. The summed E-state index contributed by atoms with van der Waals surface area (Å²) in [5, 5.41) is 5.31. The Morgan fingerprint density at radius 2 is 1.86 bits per heavy atom. The van der Waals surface area contributed by atoms with E-state index < -0.39 is 0 Å². The molecule has 2 aromatic carbocycles. The van der Waals surface area contributed by atoms with E-state index >= 15 is 0 Å². The molecule has 2 aromatic heterocycles. The first kappa shape index (κ1) is 21.8. The van der Waals surface area contributed by atoms with Crippen molar-refractivity contribution in [2.24, 2.45) is 0 Å². The molecule has 0 N–H and O–H groups in total. The SMILES string of the molecule is CCn1ncc2c(C(=O)N3CCN(Cc4ccc5c(c4)CCO5)CC3)cc(-c3ccccc3)nc21. The van der Waals surface area contributed by atoms with E-state index in [4.69, 9.17) is 9.72 Å². The number of ether oxygens (including phenoxy) is 1. The van der Waals surface area contributed by atoms with E-state index in [-0.39, 0.29) is 5.91 Å². The third kappa shape index (κ3) is 4.17. The zero-order valence-corrected chi connectivity index (χ0v) is 20.0.